The molecule has 0 fully saturated rings. The summed E-state index contributed by atoms with van der Waals surface area (Å²) in [7, 11) is 0. The molecule has 2 N–H and O–H groups in total. The number of H-pyrrole nitrogens is 2. The fourth-order valence-corrected chi connectivity index (χ4v) is 1.78. The fraction of sp³-hybridized carbons (Fsp3) is 0.0833. The molecule has 2 aromatic heterocycles. The lowest BCUT2D eigenvalue weighted by Gasteiger charge is -1.97. The Morgan fingerprint density at radius 3 is 2.87 bits per heavy atom. The van der Waals surface area contributed by atoms with Gasteiger partial charge >= 0.3 is 0 Å². The van der Waals surface area contributed by atoms with Crippen LogP contribution in [-0.2, 0) is 0 Å². The van der Waals surface area contributed by atoms with Gasteiger partial charge in [0.2, 0.25) is 0 Å². The summed E-state index contributed by atoms with van der Waals surface area (Å²) in [5.74, 6) is 0.882. The number of rotatable bonds is 2. The molecule has 3 nitrogen and oxygen atoms in total. The third-order valence-corrected chi connectivity index (χ3v) is 2.56. The minimum absolute atomic E-state index is 0.882. The van der Waals surface area contributed by atoms with Gasteiger partial charge < -0.3 is 9.97 Å². The maximum Gasteiger partial charge on any atom is 0.153 e. The largest absolute Gasteiger partial charge is 0.352 e. The molecule has 0 saturated carbocycles. The molecule has 3 heteroatoms. The summed E-state index contributed by atoms with van der Waals surface area (Å²) in [5.41, 5.74) is 3.53. The van der Waals surface area contributed by atoms with Crippen LogP contribution >= 0.6 is 0 Å². The van der Waals surface area contributed by atoms with Crippen molar-refractivity contribution in [1.82, 2.24) is 15.0 Å². The Labute approximate surface area is 87.6 Å². The molecule has 0 amide bonds. The van der Waals surface area contributed by atoms with Crippen molar-refractivity contribution in [3.05, 3.63) is 48.4 Å². The number of aromatic nitrogens is 3. The van der Waals surface area contributed by atoms with E-state index in [2.05, 4.69) is 39.2 Å². The third kappa shape index (κ3) is 1.42. The van der Waals surface area contributed by atoms with Crippen LogP contribution in [0.2, 0.25) is 0 Å². The van der Waals surface area contributed by atoms with Crippen LogP contribution in [0.5, 0.6) is 0 Å². The van der Waals surface area contributed by atoms with Crippen molar-refractivity contribution < 1.29 is 0 Å². The molecule has 0 aliphatic heterocycles. The molecule has 2 aromatic rings. The molecule has 0 unspecified atom stereocenters. The standard InChI is InChI=1S/C12H11N3/c1-2-4-9(3-1)10-5-6-11(15-10)12-13-7-8-14-12/h1-3,5-8,15H,4H2,(H,13,14). The van der Waals surface area contributed by atoms with Gasteiger partial charge in [-0.15, -0.1) is 0 Å². The van der Waals surface area contributed by atoms with E-state index < -0.39 is 0 Å². The van der Waals surface area contributed by atoms with Gasteiger partial charge in [0, 0.05) is 18.1 Å². The highest BCUT2D eigenvalue weighted by Gasteiger charge is 2.07. The van der Waals surface area contributed by atoms with Crippen LogP contribution in [0.1, 0.15) is 12.1 Å². The topological polar surface area (TPSA) is 44.5 Å². The van der Waals surface area contributed by atoms with E-state index in [1.54, 1.807) is 6.20 Å². The number of allylic oxidation sites excluding steroid dienone is 4. The Kier molecular flexibility index (Phi) is 1.81. The molecule has 1 aliphatic carbocycles. The second-order valence-electron chi connectivity index (χ2n) is 3.55. The van der Waals surface area contributed by atoms with E-state index in [4.69, 9.17) is 0 Å². The van der Waals surface area contributed by atoms with Crippen LogP contribution in [0.25, 0.3) is 17.1 Å². The van der Waals surface area contributed by atoms with Gasteiger partial charge in [0.15, 0.2) is 5.82 Å². The van der Waals surface area contributed by atoms with E-state index in [-0.39, 0.29) is 0 Å². The van der Waals surface area contributed by atoms with E-state index in [1.807, 2.05) is 12.3 Å². The maximum atomic E-state index is 4.20. The van der Waals surface area contributed by atoms with Gasteiger partial charge in [-0.1, -0.05) is 18.2 Å². The minimum atomic E-state index is 0.882. The average molecular weight is 197 g/mol. The van der Waals surface area contributed by atoms with Gasteiger partial charge in [-0.2, -0.15) is 0 Å². The monoisotopic (exact) mass is 197 g/mol. The molecule has 0 spiro atoms. The molecule has 15 heavy (non-hydrogen) atoms. The molecule has 0 saturated heterocycles. The molecule has 0 bridgehead atoms. The van der Waals surface area contributed by atoms with Gasteiger partial charge in [0.05, 0.1) is 5.69 Å². The Morgan fingerprint density at radius 1 is 1.20 bits per heavy atom. The van der Waals surface area contributed by atoms with Gasteiger partial charge in [-0.25, -0.2) is 4.98 Å². The van der Waals surface area contributed by atoms with Crippen molar-refractivity contribution in [2.75, 3.05) is 0 Å². The summed E-state index contributed by atoms with van der Waals surface area (Å²) < 4.78 is 0. The van der Waals surface area contributed by atoms with Crippen LogP contribution in [0.4, 0.5) is 0 Å². The Morgan fingerprint density at radius 2 is 2.13 bits per heavy atom. The lowest BCUT2D eigenvalue weighted by Crippen LogP contribution is -1.83. The SMILES string of the molecule is C1=CCC(c2ccc(-c3ncc[nH]3)[nH]2)=C1. The molecule has 0 atom stereocenters. The highest BCUT2D eigenvalue weighted by atomic mass is 14.9. The molecule has 2 heterocycles. The minimum Gasteiger partial charge on any atom is -0.352 e. The first kappa shape index (κ1) is 8.29. The molecular formula is C12H11N3. The molecule has 0 aromatic carbocycles. The summed E-state index contributed by atoms with van der Waals surface area (Å²) in [6, 6.07) is 4.14. The van der Waals surface area contributed by atoms with Crippen LogP contribution in [0, 0.1) is 0 Å². The van der Waals surface area contributed by atoms with Crippen molar-refractivity contribution in [3.63, 3.8) is 0 Å². The van der Waals surface area contributed by atoms with E-state index in [0.717, 1.165) is 17.9 Å². The highest BCUT2D eigenvalue weighted by Crippen LogP contribution is 2.24. The van der Waals surface area contributed by atoms with E-state index in [1.165, 1.54) is 11.3 Å². The molecule has 3 rings (SSSR count). The van der Waals surface area contributed by atoms with Gasteiger partial charge in [0.25, 0.3) is 0 Å². The summed E-state index contributed by atoms with van der Waals surface area (Å²) in [6.45, 7) is 0. The average Bonchev–Trinajstić information content (AvgIpc) is 3.02. The molecule has 74 valence electrons. The smallest absolute Gasteiger partial charge is 0.153 e. The maximum absolute atomic E-state index is 4.20. The van der Waals surface area contributed by atoms with Gasteiger partial charge in [-0.05, 0) is 24.1 Å². The summed E-state index contributed by atoms with van der Waals surface area (Å²) in [6.07, 6.45) is 11.0. The Balaban J connectivity index is 1.94. The zero-order chi connectivity index (χ0) is 10.1. The zero-order valence-electron chi connectivity index (χ0n) is 8.20. The zero-order valence-corrected chi connectivity index (χ0v) is 8.20. The molecule has 1 aliphatic rings. The van der Waals surface area contributed by atoms with Crippen LogP contribution in [0.15, 0.2) is 42.8 Å². The number of hydrogen-bond donors (Lipinski definition) is 2. The third-order valence-electron chi connectivity index (χ3n) is 2.56. The van der Waals surface area contributed by atoms with Gasteiger partial charge in [0.1, 0.15) is 0 Å². The second-order valence-corrected chi connectivity index (χ2v) is 3.55. The van der Waals surface area contributed by atoms with Crippen molar-refractivity contribution in [3.8, 4) is 11.5 Å². The molecular weight excluding hydrogens is 186 g/mol. The highest BCUT2D eigenvalue weighted by molar-refractivity contribution is 5.70. The summed E-state index contributed by atoms with van der Waals surface area (Å²) in [5, 5.41) is 0. The van der Waals surface area contributed by atoms with Crippen molar-refractivity contribution in [2.45, 2.75) is 6.42 Å². The first-order valence-electron chi connectivity index (χ1n) is 4.98. The Bertz CT molecular complexity index is 515. The predicted molar refractivity (Wildman–Crippen MR) is 60.1 cm³/mol. The van der Waals surface area contributed by atoms with Crippen molar-refractivity contribution in [1.29, 1.82) is 0 Å². The van der Waals surface area contributed by atoms with Crippen molar-refractivity contribution >= 4 is 5.57 Å². The number of imidazole rings is 1. The number of nitrogens with zero attached hydrogens (tertiary/aromatic N) is 1. The number of aromatic amines is 2. The van der Waals surface area contributed by atoms with Gasteiger partial charge in [-0.3, -0.25) is 0 Å². The summed E-state index contributed by atoms with van der Waals surface area (Å²) >= 11 is 0. The summed E-state index contributed by atoms with van der Waals surface area (Å²) in [4.78, 5) is 10.6. The quantitative estimate of drug-likeness (QED) is 0.763. The first-order valence-corrected chi connectivity index (χ1v) is 4.98. The molecule has 0 radical (unpaired) electrons. The van der Waals surface area contributed by atoms with Crippen molar-refractivity contribution in [2.24, 2.45) is 0 Å². The van der Waals surface area contributed by atoms with E-state index in [0.29, 0.717) is 0 Å². The Hall–Kier alpha value is -2.03. The van der Waals surface area contributed by atoms with E-state index >= 15 is 0 Å². The second kappa shape index (κ2) is 3.28. The van der Waals surface area contributed by atoms with Crippen LogP contribution < -0.4 is 0 Å². The lowest BCUT2D eigenvalue weighted by atomic mass is 10.2. The van der Waals surface area contributed by atoms with E-state index in [9.17, 15) is 0 Å². The number of nitrogens with one attached hydrogen (secondary N) is 2. The number of hydrogen-bond acceptors (Lipinski definition) is 1. The lowest BCUT2D eigenvalue weighted by molar-refractivity contribution is 1.23. The normalized spacial score (nSPS) is 14.5. The van der Waals surface area contributed by atoms with Crippen LogP contribution in [-0.4, -0.2) is 15.0 Å². The predicted octanol–water partition coefficient (Wildman–Crippen LogP) is 2.75. The van der Waals surface area contributed by atoms with Crippen LogP contribution in [0.3, 0.4) is 0 Å². The fourth-order valence-electron chi connectivity index (χ4n) is 1.78. The first-order chi connectivity index (χ1) is 7.43.